The summed E-state index contributed by atoms with van der Waals surface area (Å²) >= 11 is 0. The Morgan fingerprint density at radius 2 is 1.78 bits per heavy atom. The van der Waals surface area contributed by atoms with Gasteiger partial charge in [-0.25, -0.2) is 0 Å². The van der Waals surface area contributed by atoms with Crippen molar-refractivity contribution in [2.75, 3.05) is 21.1 Å². The molecule has 6 N–H and O–H groups in total. The molecule has 0 aromatic heterocycles. The van der Waals surface area contributed by atoms with Gasteiger partial charge in [0.2, 0.25) is 5.78 Å². The maximum Gasteiger partial charge on any atom is 0.417 e. The first-order valence-electron chi connectivity index (χ1n) is 13.3. The van der Waals surface area contributed by atoms with Gasteiger partial charge in [-0.1, -0.05) is 6.42 Å². The summed E-state index contributed by atoms with van der Waals surface area (Å²) in [6, 6.07) is -0.220. The number of hydrogen-bond donors (Lipinski definition) is 5. The second-order valence-electron chi connectivity index (χ2n) is 11.7. The molecule has 0 spiro atoms. The Kier molecular flexibility index (Phi) is 6.79. The number of aliphatic hydroxyl groups is 3. The van der Waals surface area contributed by atoms with Gasteiger partial charge in [-0.3, -0.25) is 24.2 Å². The Morgan fingerprint density at radius 1 is 1.15 bits per heavy atom. The summed E-state index contributed by atoms with van der Waals surface area (Å²) in [5.74, 6) is -8.95. The molecule has 4 atom stereocenters. The van der Waals surface area contributed by atoms with E-state index in [0.29, 0.717) is 0 Å². The fourth-order valence-corrected chi connectivity index (χ4v) is 7.09. The number of phenols is 1. The molecule has 13 heteroatoms. The SMILES string of the molecule is CN(Cc1cc(O)c2c(c1C(F)(F)F)C[C@H]1C[C@H]3[C@H](N(C)C)C(O)=C(C(N)=O)C(=O)[C@@]3(O)C(O)=C1C2=O)C1CCC1. The van der Waals surface area contributed by atoms with Crippen molar-refractivity contribution >= 4 is 17.5 Å². The number of nitrogens with zero attached hydrogens (tertiary/aromatic N) is 2. The van der Waals surface area contributed by atoms with Crippen LogP contribution in [-0.4, -0.2) is 86.5 Å². The van der Waals surface area contributed by atoms with E-state index in [4.69, 9.17) is 5.73 Å². The lowest BCUT2D eigenvalue weighted by Gasteiger charge is -2.50. The van der Waals surface area contributed by atoms with Gasteiger partial charge in [0, 0.05) is 24.1 Å². The Hall–Kier alpha value is -3.42. The molecule has 0 bridgehead atoms. The zero-order valence-corrected chi connectivity index (χ0v) is 22.7. The number of phenolic OH excluding ortho intramolecular Hbond substituents is 1. The van der Waals surface area contributed by atoms with Crippen LogP contribution < -0.4 is 5.73 Å². The molecule has 4 aliphatic carbocycles. The van der Waals surface area contributed by atoms with Gasteiger partial charge in [0.05, 0.1) is 17.2 Å². The number of hydrogen-bond acceptors (Lipinski definition) is 9. The zero-order chi connectivity index (χ0) is 30.3. The fourth-order valence-electron chi connectivity index (χ4n) is 7.09. The first-order chi connectivity index (χ1) is 19.0. The van der Waals surface area contributed by atoms with Crippen molar-refractivity contribution in [1.82, 2.24) is 9.80 Å². The van der Waals surface area contributed by atoms with Crippen LogP contribution in [0.4, 0.5) is 13.2 Å². The fraction of sp³-hybridized carbons (Fsp3) is 0.536. The van der Waals surface area contributed by atoms with Crippen molar-refractivity contribution in [3.05, 3.63) is 51.0 Å². The highest BCUT2D eigenvalue weighted by atomic mass is 19.4. The number of carbonyl (C=O) groups is 3. The van der Waals surface area contributed by atoms with Gasteiger partial charge >= 0.3 is 6.18 Å². The van der Waals surface area contributed by atoms with Gasteiger partial charge in [-0.2, -0.15) is 13.2 Å². The van der Waals surface area contributed by atoms with E-state index >= 15 is 0 Å². The first-order valence-corrected chi connectivity index (χ1v) is 13.3. The average Bonchev–Trinajstić information content (AvgIpc) is 2.78. The minimum atomic E-state index is -4.88. The van der Waals surface area contributed by atoms with Crippen LogP contribution >= 0.6 is 0 Å². The van der Waals surface area contributed by atoms with Crippen molar-refractivity contribution in [3.8, 4) is 5.75 Å². The smallest absolute Gasteiger partial charge is 0.417 e. The van der Waals surface area contributed by atoms with Crippen LogP contribution in [0.25, 0.3) is 0 Å². The van der Waals surface area contributed by atoms with Crippen LogP contribution in [0, 0.1) is 11.8 Å². The van der Waals surface area contributed by atoms with Crippen LogP contribution in [0.15, 0.2) is 28.7 Å². The number of Topliss-reactive ketones (excluding diaryl/α,β-unsaturated/α-hetero) is 2. The van der Waals surface area contributed by atoms with Crippen LogP contribution in [0.1, 0.15) is 52.7 Å². The number of aliphatic hydroxyl groups excluding tert-OH is 2. The average molecular weight is 580 g/mol. The predicted molar refractivity (Wildman–Crippen MR) is 138 cm³/mol. The van der Waals surface area contributed by atoms with Gasteiger partial charge in [-0.05, 0) is 69.9 Å². The van der Waals surface area contributed by atoms with Crippen molar-refractivity contribution in [3.63, 3.8) is 0 Å². The molecule has 1 saturated carbocycles. The molecule has 0 unspecified atom stereocenters. The van der Waals surface area contributed by atoms with E-state index in [-0.39, 0.29) is 24.6 Å². The van der Waals surface area contributed by atoms with Crippen molar-refractivity contribution in [2.45, 2.75) is 62.5 Å². The van der Waals surface area contributed by atoms with Gasteiger partial charge in [-0.15, -0.1) is 0 Å². The molecule has 1 aromatic carbocycles. The maximum atomic E-state index is 14.6. The highest BCUT2D eigenvalue weighted by Crippen LogP contribution is 2.54. The molecule has 10 nitrogen and oxygen atoms in total. The lowest BCUT2D eigenvalue weighted by atomic mass is 9.58. The quantitative estimate of drug-likeness (QED) is 0.329. The Morgan fingerprint density at radius 3 is 2.29 bits per heavy atom. The summed E-state index contributed by atoms with van der Waals surface area (Å²) in [5.41, 5.74) is -1.33. The first kappa shape index (κ1) is 29.1. The molecule has 222 valence electrons. The van der Waals surface area contributed by atoms with Gasteiger partial charge in [0.1, 0.15) is 22.8 Å². The number of primary amides is 1. The molecule has 41 heavy (non-hydrogen) atoms. The molecule has 1 aromatic rings. The molecule has 5 rings (SSSR count). The topological polar surface area (TPSA) is 165 Å². The van der Waals surface area contributed by atoms with Crippen LogP contribution in [0.2, 0.25) is 0 Å². The number of halogens is 3. The zero-order valence-electron chi connectivity index (χ0n) is 22.7. The molecule has 0 saturated heterocycles. The van der Waals surface area contributed by atoms with E-state index in [0.717, 1.165) is 25.3 Å². The van der Waals surface area contributed by atoms with Crippen molar-refractivity contribution in [1.29, 1.82) is 0 Å². The van der Waals surface area contributed by atoms with Crippen LogP contribution in [-0.2, 0) is 28.7 Å². The van der Waals surface area contributed by atoms with Crippen molar-refractivity contribution in [2.24, 2.45) is 17.6 Å². The van der Waals surface area contributed by atoms with E-state index in [1.807, 2.05) is 0 Å². The molecule has 1 fully saturated rings. The Labute approximate surface area is 233 Å². The summed E-state index contributed by atoms with van der Waals surface area (Å²) in [5, 5.41) is 44.6. The highest BCUT2D eigenvalue weighted by Gasteiger charge is 2.63. The highest BCUT2D eigenvalue weighted by molar-refractivity contribution is 6.24. The lowest BCUT2D eigenvalue weighted by Crippen LogP contribution is -2.63. The Bertz CT molecular complexity index is 1430. The monoisotopic (exact) mass is 579 g/mol. The number of nitrogens with two attached hydrogens (primary N) is 1. The van der Waals surface area contributed by atoms with E-state index in [2.05, 4.69) is 0 Å². The number of amides is 1. The number of likely N-dealkylation sites (N-methyl/N-ethyl adjacent to an activating group) is 1. The number of allylic oxidation sites excluding steroid dienone is 1. The summed E-state index contributed by atoms with van der Waals surface area (Å²) in [6.45, 7) is -0.110. The number of benzene rings is 1. The van der Waals surface area contributed by atoms with Gasteiger partial charge in [0.15, 0.2) is 11.4 Å². The predicted octanol–water partition coefficient (Wildman–Crippen LogP) is 2.12. The second-order valence-corrected chi connectivity index (χ2v) is 11.7. The molecule has 1 amide bonds. The van der Waals surface area contributed by atoms with Gasteiger partial charge < -0.3 is 26.2 Å². The number of aromatic hydroxyl groups is 1. The maximum absolute atomic E-state index is 14.6. The minimum absolute atomic E-state index is 0.108. The summed E-state index contributed by atoms with van der Waals surface area (Å²) in [6.07, 6.45) is -2.94. The van der Waals surface area contributed by atoms with Crippen LogP contribution in [0.3, 0.4) is 0 Å². The third kappa shape index (κ3) is 4.16. The number of rotatable bonds is 5. The van der Waals surface area contributed by atoms with E-state index in [1.54, 1.807) is 11.9 Å². The van der Waals surface area contributed by atoms with Gasteiger partial charge in [0.25, 0.3) is 5.91 Å². The largest absolute Gasteiger partial charge is 0.510 e. The summed E-state index contributed by atoms with van der Waals surface area (Å²) in [4.78, 5) is 42.3. The molecule has 0 aliphatic heterocycles. The van der Waals surface area contributed by atoms with Crippen molar-refractivity contribution < 1.29 is 48.0 Å². The molecule has 0 radical (unpaired) electrons. The normalized spacial score (nSPS) is 28.6. The van der Waals surface area contributed by atoms with Crippen LogP contribution in [0.5, 0.6) is 5.75 Å². The molecule has 0 heterocycles. The summed E-state index contributed by atoms with van der Waals surface area (Å²) in [7, 11) is 4.64. The third-order valence-corrected chi connectivity index (χ3v) is 9.21. The molecule has 4 aliphatic rings. The number of alkyl halides is 3. The lowest BCUT2D eigenvalue weighted by molar-refractivity contribution is -0.148. The second kappa shape index (κ2) is 9.57. The molecular formula is C28H32F3N3O7. The minimum Gasteiger partial charge on any atom is -0.510 e. The Balaban J connectivity index is 1.69. The van der Waals surface area contributed by atoms with E-state index in [1.165, 1.54) is 19.0 Å². The number of carbonyl (C=O) groups excluding carboxylic acids is 3. The standard InChI is InChI=1S/C28H32F3N3O7/c1-33(2)21-15-8-11-7-14-18(16(35)9-12(20(14)28(29,30)31)10-34(3)13-5-4-6-13)22(36)17(11)24(38)27(15,41)25(39)19(23(21)37)26(32)40/h9,11,13,15,21,35,37-38,41H,4-8,10H2,1-3H3,(H2,32,40)/t11-,15-,21-,27-/m0/s1. The number of fused-ring (bicyclic) bond motifs is 3. The molecular weight excluding hydrogens is 547 g/mol. The third-order valence-electron chi connectivity index (χ3n) is 9.21. The summed E-state index contributed by atoms with van der Waals surface area (Å²) < 4.78 is 43.8. The number of ketones is 2. The van der Waals surface area contributed by atoms with E-state index < -0.39 is 98.7 Å². The van der Waals surface area contributed by atoms with E-state index in [9.17, 15) is 48.0 Å².